The van der Waals surface area contributed by atoms with Gasteiger partial charge in [-0.15, -0.1) is 0 Å². The molecule has 1 amide bonds. The molecule has 252 valence electrons. The lowest BCUT2D eigenvalue weighted by Crippen LogP contribution is -2.64. The third-order valence-corrected chi connectivity index (χ3v) is 11.4. The molecule has 4 atom stereocenters. The van der Waals surface area contributed by atoms with E-state index >= 15 is 8.78 Å². The summed E-state index contributed by atoms with van der Waals surface area (Å²) in [6.07, 6.45) is 8.09. The summed E-state index contributed by atoms with van der Waals surface area (Å²) < 4.78 is 44.7. The van der Waals surface area contributed by atoms with Gasteiger partial charge in [-0.05, 0) is 57.2 Å². The summed E-state index contributed by atoms with van der Waals surface area (Å²) in [5.41, 5.74) is 0.512. The maximum absolute atomic E-state index is 16.9. The summed E-state index contributed by atoms with van der Waals surface area (Å²) in [7, 11) is 1.86. The number of benzene rings is 1. The van der Waals surface area contributed by atoms with Gasteiger partial charge >= 0.3 is 6.01 Å². The van der Waals surface area contributed by atoms with Crippen LogP contribution in [0.3, 0.4) is 0 Å². The molecule has 5 aliphatic rings. The Morgan fingerprint density at radius 1 is 1.10 bits per heavy atom. The van der Waals surface area contributed by atoms with Crippen LogP contribution in [0.4, 0.5) is 14.6 Å². The zero-order chi connectivity index (χ0) is 32.8. The molecule has 4 saturated heterocycles. The van der Waals surface area contributed by atoms with E-state index in [2.05, 4.69) is 30.3 Å². The minimum absolute atomic E-state index is 0.00251. The number of carbonyl (C=O) groups excluding carboxylic acids is 1. The van der Waals surface area contributed by atoms with E-state index < -0.39 is 11.6 Å². The summed E-state index contributed by atoms with van der Waals surface area (Å²) in [5.74, 6) is -0.553. The van der Waals surface area contributed by atoms with Crippen LogP contribution in [0, 0.1) is 18.6 Å². The number of hydrogen-bond donors (Lipinski definition) is 2. The van der Waals surface area contributed by atoms with Gasteiger partial charge in [0.05, 0.1) is 47.3 Å². The van der Waals surface area contributed by atoms with Crippen LogP contribution in [0.2, 0.25) is 0 Å². The summed E-state index contributed by atoms with van der Waals surface area (Å²) >= 11 is 0. The van der Waals surface area contributed by atoms with Gasteiger partial charge in [-0.1, -0.05) is 0 Å². The average Bonchev–Trinajstić information content (AvgIpc) is 3.83. The van der Waals surface area contributed by atoms with Gasteiger partial charge in [0.1, 0.15) is 29.5 Å². The first-order chi connectivity index (χ1) is 23.2. The van der Waals surface area contributed by atoms with Crippen molar-refractivity contribution in [1.29, 1.82) is 0 Å². The van der Waals surface area contributed by atoms with Crippen molar-refractivity contribution >= 4 is 33.5 Å². The first-order valence-corrected chi connectivity index (χ1v) is 17.0. The second-order valence-corrected chi connectivity index (χ2v) is 14.5. The highest BCUT2D eigenvalue weighted by molar-refractivity contribution is 5.99. The number of aromatic nitrogens is 5. The van der Waals surface area contributed by atoms with Gasteiger partial charge in [0, 0.05) is 56.4 Å². The number of ether oxygens (including phenoxy) is 2. The Labute approximate surface area is 276 Å². The predicted octanol–water partition coefficient (Wildman–Crippen LogP) is 3.33. The van der Waals surface area contributed by atoms with Crippen molar-refractivity contribution < 1.29 is 23.0 Å². The van der Waals surface area contributed by atoms with Gasteiger partial charge in [0.25, 0.3) is 0 Å². The molecule has 14 heteroatoms. The van der Waals surface area contributed by atoms with Gasteiger partial charge < -0.3 is 24.6 Å². The number of anilines is 1. The van der Waals surface area contributed by atoms with E-state index in [0.29, 0.717) is 66.9 Å². The monoisotopic (exact) mass is 659 g/mol. The lowest BCUT2D eigenvalue weighted by Gasteiger charge is -2.44. The molecule has 4 aromatic rings. The standard InChI is InChI=1S/C34H39F2N9O3/c1-19-24(35)10-25-22(13-38-42-25)27(19)30-28(36)29-23(12-37-30)31-40-32(39-29)48-18-34-6-3-8-45(34)15-21(11-34)47-9-5-26(46)43(2)16-33-7-4-20(41-33)14-44(31)17-33/h10,12-13,20-21,41H,3-9,11,14-18H2,1-2H3,(H,38,42)/t20-,21+,33-,34+/m0/s1. The summed E-state index contributed by atoms with van der Waals surface area (Å²) in [4.78, 5) is 33.9. The minimum Gasteiger partial charge on any atom is -0.461 e. The minimum atomic E-state index is -0.670. The van der Waals surface area contributed by atoms with Crippen LogP contribution in [-0.4, -0.2) is 117 Å². The summed E-state index contributed by atoms with van der Waals surface area (Å²) in [6, 6.07) is 1.63. The van der Waals surface area contributed by atoms with E-state index in [4.69, 9.17) is 19.4 Å². The maximum Gasteiger partial charge on any atom is 0.319 e. The fourth-order valence-electron chi connectivity index (χ4n) is 9.11. The number of nitrogens with zero attached hydrogens (tertiary/aromatic N) is 7. The normalized spacial score (nSPS) is 29.5. The molecule has 0 unspecified atom stereocenters. The fraction of sp³-hybridized carbons (Fsp3) is 0.559. The lowest BCUT2D eigenvalue weighted by molar-refractivity contribution is -0.132. The number of carbonyl (C=O) groups is 1. The molecule has 3 aromatic heterocycles. The molecule has 48 heavy (non-hydrogen) atoms. The predicted molar refractivity (Wildman–Crippen MR) is 174 cm³/mol. The molecule has 8 heterocycles. The number of nitrogens with one attached hydrogen (secondary N) is 2. The molecule has 0 radical (unpaired) electrons. The molecular weight excluding hydrogens is 620 g/mol. The van der Waals surface area contributed by atoms with Crippen molar-refractivity contribution in [1.82, 2.24) is 40.3 Å². The largest absolute Gasteiger partial charge is 0.461 e. The molecular formula is C34H39F2N9O3. The highest BCUT2D eigenvalue weighted by Crippen LogP contribution is 2.42. The van der Waals surface area contributed by atoms with E-state index in [1.807, 2.05) is 11.9 Å². The van der Waals surface area contributed by atoms with Crippen molar-refractivity contribution in [2.75, 3.05) is 57.9 Å². The number of piperazine rings is 1. The zero-order valence-electron chi connectivity index (χ0n) is 27.2. The van der Waals surface area contributed by atoms with Crippen molar-refractivity contribution in [2.45, 2.75) is 68.7 Å². The number of amides is 1. The Kier molecular flexibility index (Phi) is 6.90. The molecule has 0 saturated carbocycles. The van der Waals surface area contributed by atoms with E-state index in [1.165, 1.54) is 6.07 Å². The molecule has 5 aliphatic heterocycles. The number of likely N-dealkylation sites (N-methyl/N-ethyl adjacent to an activating group) is 1. The molecule has 12 nitrogen and oxygen atoms in total. The number of pyridine rings is 1. The maximum atomic E-state index is 16.9. The molecule has 9 rings (SSSR count). The van der Waals surface area contributed by atoms with Crippen molar-refractivity contribution in [3.8, 4) is 17.3 Å². The second kappa shape index (κ2) is 11.0. The average molecular weight is 660 g/mol. The van der Waals surface area contributed by atoms with Gasteiger partial charge in [-0.2, -0.15) is 15.1 Å². The highest BCUT2D eigenvalue weighted by atomic mass is 19.1. The van der Waals surface area contributed by atoms with Crippen LogP contribution in [0.1, 0.15) is 44.1 Å². The van der Waals surface area contributed by atoms with Crippen LogP contribution in [0.25, 0.3) is 33.1 Å². The van der Waals surface area contributed by atoms with E-state index in [9.17, 15) is 4.79 Å². The second-order valence-electron chi connectivity index (χ2n) is 14.5. The molecule has 1 aromatic carbocycles. The van der Waals surface area contributed by atoms with Gasteiger partial charge in [0.2, 0.25) is 5.91 Å². The van der Waals surface area contributed by atoms with Crippen LogP contribution in [0.5, 0.6) is 6.01 Å². The van der Waals surface area contributed by atoms with Gasteiger partial charge in [-0.3, -0.25) is 19.8 Å². The summed E-state index contributed by atoms with van der Waals surface area (Å²) in [5, 5.41) is 11.7. The van der Waals surface area contributed by atoms with Crippen LogP contribution >= 0.6 is 0 Å². The Bertz CT molecular complexity index is 1960. The quantitative estimate of drug-likeness (QED) is 0.315. The lowest BCUT2D eigenvalue weighted by atomic mass is 9.94. The third-order valence-electron chi connectivity index (χ3n) is 11.4. The summed E-state index contributed by atoms with van der Waals surface area (Å²) in [6.45, 7) is 5.80. The highest BCUT2D eigenvalue weighted by Gasteiger charge is 2.50. The van der Waals surface area contributed by atoms with E-state index in [1.54, 1.807) is 19.3 Å². The number of rotatable bonds is 1. The zero-order valence-corrected chi connectivity index (χ0v) is 27.2. The molecule has 2 spiro atoms. The number of halogens is 2. The molecule has 0 aliphatic carbocycles. The first kappa shape index (κ1) is 30.1. The number of aromatic amines is 1. The molecule has 2 N–H and O–H groups in total. The Balaban J connectivity index is 1.19. The van der Waals surface area contributed by atoms with Gasteiger partial charge in [0.15, 0.2) is 5.82 Å². The third kappa shape index (κ3) is 4.74. The van der Waals surface area contributed by atoms with Crippen LogP contribution < -0.4 is 15.0 Å². The first-order valence-electron chi connectivity index (χ1n) is 17.0. The molecule has 4 fully saturated rings. The smallest absolute Gasteiger partial charge is 0.319 e. The van der Waals surface area contributed by atoms with Crippen LogP contribution in [-0.2, 0) is 9.53 Å². The SMILES string of the molecule is Cc1c(F)cc2[nH]ncc2c1-c1ncc2c3nc(nc2c1F)OC[C@]12CCCN1C[C@@H](C2)OCCC(=O)N(C)C[C@@]12CC[C@@H](CN3C1)N2. The molecule has 7 bridgehead atoms. The Morgan fingerprint density at radius 3 is 2.90 bits per heavy atom. The van der Waals surface area contributed by atoms with E-state index in [0.717, 1.165) is 45.2 Å². The van der Waals surface area contributed by atoms with Gasteiger partial charge in [-0.25, -0.2) is 8.78 Å². The number of fused-ring (bicyclic) bond motifs is 9. The Morgan fingerprint density at radius 2 is 2.00 bits per heavy atom. The van der Waals surface area contributed by atoms with E-state index in [-0.39, 0.29) is 51.9 Å². The number of hydrogen-bond acceptors (Lipinski definition) is 10. The Hall–Kier alpha value is -4.01. The van der Waals surface area contributed by atoms with Crippen molar-refractivity contribution in [3.05, 3.63) is 35.7 Å². The van der Waals surface area contributed by atoms with Crippen LogP contribution in [0.15, 0.2) is 18.5 Å². The van der Waals surface area contributed by atoms with Crippen molar-refractivity contribution in [2.24, 2.45) is 0 Å². The van der Waals surface area contributed by atoms with Crippen molar-refractivity contribution in [3.63, 3.8) is 0 Å². The number of H-pyrrole nitrogens is 1. The fourth-order valence-corrected chi connectivity index (χ4v) is 9.11. The topological polar surface area (TPSA) is 125 Å².